The fourth-order valence-electron chi connectivity index (χ4n) is 1.47. The molecule has 2 aromatic rings. The molecule has 0 fully saturated rings. The fraction of sp³-hybridized carbons (Fsp3) is 0.167. The van der Waals surface area contributed by atoms with Crippen molar-refractivity contribution in [1.29, 1.82) is 0 Å². The lowest BCUT2D eigenvalue weighted by atomic mass is 10.3. The van der Waals surface area contributed by atoms with E-state index in [1.807, 2.05) is 6.07 Å². The van der Waals surface area contributed by atoms with E-state index >= 15 is 0 Å². The average Bonchev–Trinajstić information content (AvgIpc) is 2.82. The topological polar surface area (TPSA) is 61.6 Å². The van der Waals surface area contributed by atoms with Crippen LogP contribution in [0.15, 0.2) is 30.3 Å². The molecular formula is C12H10ClNO4S. The molecule has 0 amide bonds. The van der Waals surface area contributed by atoms with Crippen molar-refractivity contribution < 1.29 is 14.4 Å². The maximum atomic E-state index is 11.0. The van der Waals surface area contributed by atoms with Gasteiger partial charge in [-0.05, 0) is 24.3 Å². The van der Waals surface area contributed by atoms with Crippen LogP contribution in [0, 0.1) is 10.1 Å². The first-order chi connectivity index (χ1) is 9.10. The van der Waals surface area contributed by atoms with Crippen LogP contribution in [-0.4, -0.2) is 12.0 Å². The molecule has 5 nitrogen and oxygen atoms in total. The van der Waals surface area contributed by atoms with Crippen molar-refractivity contribution in [3.8, 4) is 11.5 Å². The van der Waals surface area contributed by atoms with Gasteiger partial charge in [0.05, 0.1) is 22.4 Å². The highest BCUT2D eigenvalue weighted by atomic mass is 35.5. The summed E-state index contributed by atoms with van der Waals surface area (Å²) in [7, 11) is 1.45. The Morgan fingerprint density at radius 1 is 1.37 bits per heavy atom. The standard InChI is InChI=1S/C12H10ClNO4S/c1-17-8-2-4-11(10(6-8)14(15)16)18-7-9-3-5-12(13)19-9/h2-6H,7H2,1H3. The first-order valence-electron chi connectivity index (χ1n) is 5.29. The van der Waals surface area contributed by atoms with Gasteiger partial charge in [0.25, 0.3) is 0 Å². The minimum Gasteiger partial charge on any atom is -0.496 e. The summed E-state index contributed by atoms with van der Waals surface area (Å²) in [5, 5.41) is 11.0. The summed E-state index contributed by atoms with van der Waals surface area (Å²) in [4.78, 5) is 11.4. The van der Waals surface area contributed by atoms with Gasteiger partial charge in [-0.25, -0.2) is 0 Å². The average molecular weight is 300 g/mol. The van der Waals surface area contributed by atoms with Gasteiger partial charge in [0, 0.05) is 4.88 Å². The predicted octanol–water partition coefficient (Wildman–Crippen LogP) is 3.90. The van der Waals surface area contributed by atoms with E-state index in [0.717, 1.165) is 4.88 Å². The van der Waals surface area contributed by atoms with Gasteiger partial charge in [0.1, 0.15) is 12.4 Å². The molecule has 100 valence electrons. The molecule has 19 heavy (non-hydrogen) atoms. The normalized spacial score (nSPS) is 10.2. The van der Waals surface area contributed by atoms with Crippen LogP contribution >= 0.6 is 22.9 Å². The smallest absolute Gasteiger partial charge is 0.314 e. The lowest BCUT2D eigenvalue weighted by Crippen LogP contribution is -1.98. The van der Waals surface area contributed by atoms with Gasteiger partial charge in [-0.1, -0.05) is 11.6 Å². The summed E-state index contributed by atoms with van der Waals surface area (Å²) in [5.74, 6) is 0.619. The number of methoxy groups -OCH3 is 1. The fourth-order valence-corrected chi connectivity index (χ4v) is 2.47. The number of hydrogen-bond acceptors (Lipinski definition) is 5. The highest BCUT2D eigenvalue weighted by Crippen LogP contribution is 2.32. The molecule has 0 N–H and O–H groups in total. The SMILES string of the molecule is COc1ccc(OCc2ccc(Cl)s2)c([N+](=O)[O-])c1. The quantitative estimate of drug-likeness (QED) is 0.620. The van der Waals surface area contributed by atoms with Gasteiger partial charge in [0.15, 0.2) is 5.75 Å². The van der Waals surface area contributed by atoms with Crippen molar-refractivity contribution >= 4 is 28.6 Å². The second kappa shape index (κ2) is 5.90. The predicted molar refractivity (Wildman–Crippen MR) is 73.3 cm³/mol. The second-order valence-electron chi connectivity index (χ2n) is 3.59. The van der Waals surface area contributed by atoms with Gasteiger partial charge in [-0.3, -0.25) is 10.1 Å². The summed E-state index contributed by atoms with van der Waals surface area (Å²) in [6.07, 6.45) is 0. The van der Waals surface area contributed by atoms with Crippen molar-refractivity contribution in [3.63, 3.8) is 0 Å². The number of nitro groups is 1. The zero-order valence-corrected chi connectivity index (χ0v) is 11.5. The lowest BCUT2D eigenvalue weighted by molar-refractivity contribution is -0.386. The molecule has 2 rings (SSSR count). The number of ether oxygens (including phenoxy) is 2. The lowest BCUT2D eigenvalue weighted by Gasteiger charge is -2.06. The van der Waals surface area contributed by atoms with Gasteiger partial charge >= 0.3 is 5.69 Å². The van der Waals surface area contributed by atoms with Crippen LogP contribution in [-0.2, 0) is 6.61 Å². The van der Waals surface area contributed by atoms with Crippen LogP contribution in [0.5, 0.6) is 11.5 Å². The first-order valence-corrected chi connectivity index (χ1v) is 6.49. The van der Waals surface area contributed by atoms with Crippen LogP contribution < -0.4 is 9.47 Å². The molecule has 0 bridgehead atoms. The highest BCUT2D eigenvalue weighted by molar-refractivity contribution is 7.16. The number of halogens is 1. The van der Waals surface area contributed by atoms with E-state index < -0.39 is 4.92 Å². The van der Waals surface area contributed by atoms with E-state index in [0.29, 0.717) is 10.1 Å². The Bertz CT molecular complexity index is 599. The number of hydrogen-bond donors (Lipinski definition) is 0. The van der Waals surface area contributed by atoms with Crippen LogP contribution in [0.1, 0.15) is 4.88 Å². The maximum absolute atomic E-state index is 11.0. The minimum atomic E-state index is -0.501. The number of nitrogens with zero attached hydrogens (tertiary/aromatic N) is 1. The van der Waals surface area contributed by atoms with Gasteiger partial charge in [0.2, 0.25) is 0 Å². The van der Waals surface area contributed by atoms with E-state index in [1.54, 1.807) is 12.1 Å². The van der Waals surface area contributed by atoms with E-state index in [1.165, 1.54) is 30.6 Å². The first kappa shape index (κ1) is 13.6. The third-order valence-electron chi connectivity index (χ3n) is 2.36. The van der Waals surface area contributed by atoms with Crippen molar-refractivity contribution in [2.75, 3.05) is 7.11 Å². The Balaban J connectivity index is 2.17. The summed E-state index contributed by atoms with van der Waals surface area (Å²) in [6.45, 7) is 0.241. The molecule has 0 atom stereocenters. The zero-order valence-electron chi connectivity index (χ0n) is 9.96. The molecule has 0 saturated heterocycles. The monoisotopic (exact) mass is 299 g/mol. The molecule has 1 aromatic carbocycles. The molecule has 0 radical (unpaired) electrons. The van der Waals surface area contributed by atoms with E-state index in [9.17, 15) is 10.1 Å². The van der Waals surface area contributed by atoms with Crippen molar-refractivity contribution in [2.24, 2.45) is 0 Å². The number of rotatable bonds is 5. The Morgan fingerprint density at radius 3 is 2.74 bits per heavy atom. The summed E-state index contributed by atoms with van der Waals surface area (Å²) < 4.78 is 11.1. The molecular weight excluding hydrogens is 290 g/mol. The van der Waals surface area contributed by atoms with E-state index in [2.05, 4.69) is 0 Å². The second-order valence-corrected chi connectivity index (χ2v) is 5.38. The van der Waals surface area contributed by atoms with Crippen molar-refractivity contribution in [2.45, 2.75) is 6.61 Å². The Hall–Kier alpha value is -1.79. The van der Waals surface area contributed by atoms with Crippen LogP contribution in [0.25, 0.3) is 0 Å². The van der Waals surface area contributed by atoms with Gasteiger partial charge < -0.3 is 9.47 Å². The number of nitro benzene ring substituents is 1. The zero-order chi connectivity index (χ0) is 13.8. The molecule has 0 saturated carbocycles. The Morgan fingerprint density at radius 2 is 2.16 bits per heavy atom. The molecule has 0 spiro atoms. The molecule has 1 aromatic heterocycles. The highest BCUT2D eigenvalue weighted by Gasteiger charge is 2.16. The minimum absolute atomic E-state index is 0.123. The largest absolute Gasteiger partial charge is 0.496 e. The van der Waals surface area contributed by atoms with Crippen molar-refractivity contribution in [3.05, 3.63) is 49.7 Å². The summed E-state index contributed by atoms with van der Waals surface area (Å²) >= 11 is 7.18. The molecule has 0 aliphatic heterocycles. The molecule has 1 heterocycles. The van der Waals surface area contributed by atoms with E-state index in [4.69, 9.17) is 21.1 Å². The molecule has 0 unspecified atom stereocenters. The summed E-state index contributed by atoms with van der Waals surface area (Å²) in [6, 6.07) is 8.04. The van der Waals surface area contributed by atoms with Crippen molar-refractivity contribution in [1.82, 2.24) is 0 Å². The molecule has 7 heteroatoms. The number of benzene rings is 1. The number of thiophene rings is 1. The molecule has 0 aliphatic rings. The van der Waals surface area contributed by atoms with Gasteiger partial charge in [-0.15, -0.1) is 11.3 Å². The van der Waals surface area contributed by atoms with Crippen LogP contribution in [0.3, 0.4) is 0 Å². The maximum Gasteiger partial charge on any atom is 0.314 e. The Kier molecular flexibility index (Phi) is 4.24. The third-order valence-corrected chi connectivity index (χ3v) is 3.57. The third kappa shape index (κ3) is 3.36. The molecule has 0 aliphatic carbocycles. The van der Waals surface area contributed by atoms with E-state index in [-0.39, 0.29) is 18.0 Å². The van der Waals surface area contributed by atoms with Crippen LogP contribution in [0.4, 0.5) is 5.69 Å². The van der Waals surface area contributed by atoms with Gasteiger partial charge in [-0.2, -0.15) is 0 Å². The Labute approximate surface area is 118 Å². The van der Waals surface area contributed by atoms with Crippen LogP contribution in [0.2, 0.25) is 4.34 Å². The summed E-state index contributed by atoms with van der Waals surface area (Å²) in [5.41, 5.74) is -0.123.